The van der Waals surface area contributed by atoms with Crippen LogP contribution in [-0.4, -0.2) is 47.7 Å². The molecule has 0 unspecified atom stereocenters. The van der Waals surface area contributed by atoms with E-state index in [1.165, 1.54) is 0 Å². The smallest absolute Gasteiger partial charge is 0.149 e. The van der Waals surface area contributed by atoms with Crippen LogP contribution >= 0.6 is 0 Å². The number of aromatic nitrogens is 3. The molecule has 1 fully saturated rings. The average molecular weight is 284 g/mol. The number of hydrogen-bond donors (Lipinski definition) is 1. The molecule has 0 saturated carbocycles. The van der Waals surface area contributed by atoms with Crippen LogP contribution in [0.5, 0.6) is 0 Å². The zero-order valence-corrected chi connectivity index (χ0v) is 12.2. The molecule has 1 N–H and O–H groups in total. The van der Waals surface area contributed by atoms with Crippen molar-refractivity contribution in [3.05, 3.63) is 36.8 Å². The largest absolute Gasteiger partial charge is 0.369 e. The summed E-state index contributed by atoms with van der Waals surface area (Å²) in [5.41, 5.74) is 0. The van der Waals surface area contributed by atoms with E-state index in [1.807, 2.05) is 24.5 Å². The Bertz CT molecular complexity index is 565. The van der Waals surface area contributed by atoms with E-state index in [-0.39, 0.29) is 0 Å². The Kier molecular flexibility index (Phi) is 4.14. The summed E-state index contributed by atoms with van der Waals surface area (Å²) >= 11 is 0. The van der Waals surface area contributed by atoms with Gasteiger partial charge in [-0.05, 0) is 19.1 Å². The second-order valence-electron chi connectivity index (χ2n) is 4.95. The molecule has 0 amide bonds. The van der Waals surface area contributed by atoms with Crippen molar-refractivity contribution in [2.45, 2.75) is 6.92 Å². The Morgan fingerprint density at radius 1 is 1.05 bits per heavy atom. The standard InChI is InChI=1S/C15H20N6/c1-2-17-13-11-16-12-15(19-13)21-9-7-20(8-10-21)14-5-3-4-6-18-14/h3-6,11-12H,2,7-10H2,1H3,(H,17,19). The Morgan fingerprint density at radius 2 is 1.81 bits per heavy atom. The van der Waals surface area contributed by atoms with Crippen molar-refractivity contribution in [1.82, 2.24) is 15.0 Å². The van der Waals surface area contributed by atoms with E-state index in [2.05, 4.69) is 43.1 Å². The van der Waals surface area contributed by atoms with Gasteiger partial charge in [0.25, 0.3) is 0 Å². The molecule has 0 atom stereocenters. The van der Waals surface area contributed by atoms with Crippen molar-refractivity contribution in [2.24, 2.45) is 0 Å². The maximum absolute atomic E-state index is 4.60. The summed E-state index contributed by atoms with van der Waals surface area (Å²) in [5, 5.41) is 3.20. The van der Waals surface area contributed by atoms with Gasteiger partial charge in [-0.3, -0.25) is 4.98 Å². The summed E-state index contributed by atoms with van der Waals surface area (Å²) in [6.45, 7) is 6.67. The number of nitrogens with zero attached hydrogens (tertiary/aromatic N) is 5. The van der Waals surface area contributed by atoms with Crippen molar-refractivity contribution in [3.8, 4) is 0 Å². The lowest BCUT2D eigenvalue weighted by molar-refractivity contribution is 0.641. The summed E-state index contributed by atoms with van der Waals surface area (Å²) < 4.78 is 0. The third-order valence-corrected chi connectivity index (χ3v) is 3.56. The highest BCUT2D eigenvalue weighted by atomic mass is 15.3. The molecule has 3 rings (SSSR count). The minimum atomic E-state index is 0.835. The van der Waals surface area contributed by atoms with Crippen LogP contribution in [0.25, 0.3) is 0 Å². The fourth-order valence-corrected chi connectivity index (χ4v) is 2.48. The number of hydrogen-bond acceptors (Lipinski definition) is 6. The summed E-state index contributed by atoms with van der Waals surface area (Å²) in [4.78, 5) is 17.8. The van der Waals surface area contributed by atoms with Crippen molar-refractivity contribution in [2.75, 3.05) is 47.8 Å². The normalized spacial score (nSPS) is 15.1. The molecule has 1 aliphatic heterocycles. The fraction of sp³-hybridized carbons (Fsp3) is 0.400. The van der Waals surface area contributed by atoms with Gasteiger partial charge < -0.3 is 15.1 Å². The second-order valence-corrected chi connectivity index (χ2v) is 4.95. The van der Waals surface area contributed by atoms with Crippen LogP contribution in [0.3, 0.4) is 0 Å². The molecule has 6 heteroatoms. The van der Waals surface area contributed by atoms with Crippen molar-refractivity contribution >= 4 is 17.5 Å². The number of piperazine rings is 1. The predicted molar refractivity (Wildman–Crippen MR) is 84.9 cm³/mol. The van der Waals surface area contributed by atoms with E-state index in [9.17, 15) is 0 Å². The number of pyridine rings is 1. The Labute approximate surface area is 124 Å². The van der Waals surface area contributed by atoms with Crippen molar-refractivity contribution in [3.63, 3.8) is 0 Å². The number of nitrogens with one attached hydrogen (secondary N) is 1. The molecule has 1 saturated heterocycles. The molecule has 21 heavy (non-hydrogen) atoms. The van der Waals surface area contributed by atoms with Crippen LogP contribution in [-0.2, 0) is 0 Å². The van der Waals surface area contributed by atoms with Crippen LogP contribution in [0.2, 0.25) is 0 Å². The van der Waals surface area contributed by atoms with Gasteiger partial charge in [0.15, 0.2) is 0 Å². The minimum Gasteiger partial charge on any atom is -0.369 e. The zero-order valence-electron chi connectivity index (χ0n) is 12.2. The van der Waals surface area contributed by atoms with Gasteiger partial charge in [-0.2, -0.15) is 0 Å². The molecule has 2 aromatic heterocycles. The van der Waals surface area contributed by atoms with Gasteiger partial charge in [0, 0.05) is 38.9 Å². The molecular weight excluding hydrogens is 264 g/mol. The van der Waals surface area contributed by atoms with E-state index in [1.54, 1.807) is 6.20 Å². The zero-order chi connectivity index (χ0) is 14.5. The highest BCUT2D eigenvalue weighted by Gasteiger charge is 2.19. The fourth-order valence-electron chi connectivity index (χ4n) is 2.48. The van der Waals surface area contributed by atoms with Gasteiger partial charge >= 0.3 is 0 Å². The van der Waals surface area contributed by atoms with E-state index in [0.717, 1.165) is 50.2 Å². The SMILES string of the molecule is CCNc1cncc(N2CCN(c3ccccn3)CC2)n1. The maximum atomic E-state index is 4.60. The van der Waals surface area contributed by atoms with E-state index in [4.69, 9.17) is 0 Å². The topological polar surface area (TPSA) is 57.2 Å². The average Bonchev–Trinajstić information content (AvgIpc) is 2.56. The molecule has 0 radical (unpaired) electrons. The Morgan fingerprint density at radius 3 is 2.48 bits per heavy atom. The molecule has 1 aliphatic rings. The molecule has 3 heterocycles. The van der Waals surface area contributed by atoms with Crippen LogP contribution in [0.1, 0.15) is 6.92 Å². The van der Waals surface area contributed by atoms with Gasteiger partial charge in [0.05, 0.1) is 12.4 Å². The van der Waals surface area contributed by atoms with Crippen molar-refractivity contribution in [1.29, 1.82) is 0 Å². The first kappa shape index (κ1) is 13.6. The number of rotatable bonds is 4. The van der Waals surface area contributed by atoms with Gasteiger partial charge in [0.1, 0.15) is 17.5 Å². The van der Waals surface area contributed by atoms with Crippen LogP contribution in [0, 0.1) is 0 Å². The summed E-state index contributed by atoms with van der Waals surface area (Å²) in [5.74, 6) is 2.82. The van der Waals surface area contributed by atoms with E-state index in [0.29, 0.717) is 0 Å². The molecule has 0 bridgehead atoms. The molecule has 0 aliphatic carbocycles. The summed E-state index contributed by atoms with van der Waals surface area (Å²) in [6.07, 6.45) is 5.43. The highest BCUT2D eigenvalue weighted by Crippen LogP contribution is 2.17. The summed E-state index contributed by atoms with van der Waals surface area (Å²) in [7, 11) is 0. The first-order chi connectivity index (χ1) is 10.4. The molecule has 2 aromatic rings. The quantitative estimate of drug-likeness (QED) is 0.921. The monoisotopic (exact) mass is 284 g/mol. The van der Waals surface area contributed by atoms with Crippen molar-refractivity contribution < 1.29 is 0 Å². The molecule has 6 nitrogen and oxygen atoms in total. The Balaban J connectivity index is 1.64. The second kappa shape index (κ2) is 6.39. The first-order valence-corrected chi connectivity index (χ1v) is 7.33. The van der Waals surface area contributed by atoms with Crippen LogP contribution in [0.4, 0.5) is 17.5 Å². The highest BCUT2D eigenvalue weighted by molar-refractivity contribution is 5.47. The van der Waals surface area contributed by atoms with Gasteiger partial charge in [-0.15, -0.1) is 0 Å². The molecule has 0 aromatic carbocycles. The van der Waals surface area contributed by atoms with Gasteiger partial charge in [0.2, 0.25) is 0 Å². The molecule has 0 spiro atoms. The minimum absolute atomic E-state index is 0.835. The lowest BCUT2D eigenvalue weighted by Gasteiger charge is -2.35. The van der Waals surface area contributed by atoms with Gasteiger partial charge in [-0.25, -0.2) is 9.97 Å². The lowest BCUT2D eigenvalue weighted by atomic mass is 10.3. The predicted octanol–water partition coefficient (Wildman–Crippen LogP) is 1.63. The Hall–Kier alpha value is -2.37. The maximum Gasteiger partial charge on any atom is 0.149 e. The first-order valence-electron chi connectivity index (χ1n) is 7.33. The van der Waals surface area contributed by atoms with E-state index >= 15 is 0 Å². The van der Waals surface area contributed by atoms with E-state index < -0.39 is 0 Å². The number of anilines is 3. The third-order valence-electron chi connectivity index (χ3n) is 3.56. The van der Waals surface area contributed by atoms with Crippen LogP contribution < -0.4 is 15.1 Å². The lowest BCUT2D eigenvalue weighted by Crippen LogP contribution is -2.47. The molecule has 110 valence electrons. The third kappa shape index (κ3) is 3.21. The van der Waals surface area contributed by atoms with Crippen LogP contribution in [0.15, 0.2) is 36.8 Å². The van der Waals surface area contributed by atoms with Gasteiger partial charge in [-0.1, -0.05) is 6.07 Å². The summed E-state index contributed by atoms with van der Waals surface area (Å²) in [6, 6.07) is 6.03. The molecular formula is C15H20N6.